The lowest BCUT2D eigenvalue weighted by molar-refractivity contribution is 0.601. The van der Waals surface area contributed by atoms with Crippen molar-refractivity contribution < 1.29 is 8.42 Å². The third kappa shape index (κ3) is 3.27. The molecule has 2 rings (SSSR count). The largest absolute Gasteiger partial charge is 0.264 e. The predicted octanol–water partition coefficient (Wildman–Crippen LogP) is 3.89. The van der Waals surface area contributed by atoms with Crippen molar-refractivity contribution in [1.29, 1.82) is 0 Å². The zero-order chi connectivity index (χ0) is 14.9. The number of sulfonamides is 1. The number of nitrogens with one attached hydrogen (secondary N) is 1. The molecule has 1 aromatic carbocycles. The van der Waals surface area contributed by atoms with Crippen molar-refractivity contribution >= 4 is 62.2 Å². The second kappa shape index (κ2) is 5.91. The molecular weight excluding hydrogens is 368 g/mol. The Kier molecular flexibility index (Phi) is 4.61. The summed E-state index contributed by atoms with van der Waals surface area (Å²) >= 11 is 23.1. The molecule has 0 unspecified atom stereocenters. The molecule has 0 fully saturated rings. The van der Waals surface area contributed by atoms with Crippen molar-refractivity contribution in [2.24, 2.45) is 0 Å². The normalized spacial score (nSPS) is 11.4. The van der Waals surface area contributed by atoms with Crippen molar-refractivity contribution in [3.8, 4) is 0 Å². The van der Waals surface area contributed by atoms with E-state index in [1.807, 2.05) is 0 Å². The number of benzene rings is 1. The number of halogens is 4. The molecule has 0 saturated carbocycles. The van der Waals surface area contributed by atoms with E-state index >= 15 is 0 Å². The minimum Gasteiger partial charge on any atom is -0.262 e. The van der Waals surface area contributed by atoms with Crippen molar-refractivity contribution in [1.82, 2.24) is 9.97 Å². The van der Waals surface area contributed by atoms with Crippen molar-refractivity contribution in [2.75, 3.05) is 4.72 Å². The Balaban J connectivity index is 2.46. The Labute approximate surface area is 134 Å². The fraction of sp³-hybridized carbons (Fsp3) is 0. The lowest BCUT2D eigenvalue weighted by atomic mass is 10.4. The summed E-state index contributed by atoms with van der Waals surface area (Å²) in [6.07, 6.45) is 1.08. The van der Waals surface area contributed by atoms with Gasteiger partial charge in [-0.1, -0.05) is 46.4 Å². The molecular formula is C10H5Cl4N3O2S. The lowest BCUT2D eigenvalue weighted by Crippen LogP contribution is -2.15. The average Bonchev–Trinajstić information content (AvgIpc) is 2.37. The molecule has 10 heteroatoms. The third-order valence-corrected chi connectivity index (χ3v) is 4.96. The summed E-state index contributed by atoms with van der Waals surface area (Å²) in [5.41, 5.74) is 0. The molecule has 0 aliphatic rings. The second-order valence-corrected chi connectivity index (χ2v) is 6.74. The number of hydrogen-bond acceptors (Lipinski definition) is 4. The van der Waals surface area contributed by atoms with Crippen LogP contribution in [0.2, 0.25) is 20.2 Å². The zero-order valence-electron chi connectivity index (χ0n) is 9.44. The van der Waals surface area contributed by atoms with Crippen LogP contribution in [0, 0.1) is 0 Å². The summed E-state index contributed by atoms with van der Waals surface area (Å²) in [5, 5.41) is 0.0483. The van der Waals surface area contributed by atoms with E-state index in [-0.39, 0.29) is 30.9 Å². The molecule has 20 heavy (non-hydrogen) atoms. The number of anilines is 1. The maximum atomic E-state index is 12.2. The SMILES string of the molecule is O=S(=O)(Nc1ncnc(Cl)c1Cl)c1cc(Cl)ccc1Cl. The highest BCUT2D eigenvalue weighted by atomic mass is 35.5. The van der Waals surface area contributed by atoms with Crippen LogP contribution in [0.4, 0.5) is 5.82 Å². The number of hydrogen-bond donors (Lipinski definition) is 1. The summed E-state index contributed by atoms with van der Waals surface area (Å²) in [7, 11) is -4.01. The molecule has 106 valence electrons. The lowest BCUT2D eigenvalue weighted by Gasteiger charge is -2.10. The Hall–Kier alpha value is -0.790. The predicted molar refractivity (Wildman–Crippen MR) is 79.3 cm³/mol. The third-order valence-electron chi connectivity index (χ3n) is 2.16. The van der Waals surface area contributed by atoms with Crippen molar-refractivity contribution in [3.63, 3.8) is 0 Å². The molecule has 0 aliphatic carbocycles. The highest BCUT2D eigenvalue weighted by molar-refractivity contribution is 7.92. The van der Waals surface area contributed by atoms with Crippen LogP contribution in [0.5, 0.6) is 0 Å². The summed E-state index contributed by atoms with van der Waals surface area (Å²) in [4.78, 5) is 7.13. The van der Waals surface area contributed by atoms with Gasteiger partial charge < -0.3 is 0 Å². The number of aromatic nitrogens is 2. The van der Waals surface area contributed by atoms with Gasteiger partial charge in [-0.2, -0.15) is 0 Å². The summed E-state index contributed by atoms with van der Waals surface area (Å²) < 4.78 is 26.6. The summed E-state index contributed by atoms with van der Waals surface area (Å²) in [6, 6.07) is 4.05. The Morgan fingerprint density at radius 2 is 1.75 bits per heavy atom. The van der Waals surface area contributed by atoms with E-state index < -0.39 is 10.0 Å². The van der Waals surface area contributed by atoms with E-state index in [0.29, 0.717) is 0 Å². The molecule has 1 N–H and O–H groups in total. The van der Waals surface area contributed by atoms with Crippen molar-refractivity contribution in [2.45, 2.75) is 4.90 Å². The van der Waals surface area contributed by atoms with Gasteiger partial charge in [0.1, 0.15) is 16.2 Å². The van der Waals surface area contributed by atoms with Gasteiger partial charge in [0.25, 0.3) is 10.0 Å². The van der Waals surface area contributed by atoms with Crippen LogP contribution in [0.25, 0.3) is 0 Å². The minimum atomic E-state index is -4.01. The van der Waals surface area contributed by atoms with Crippen LogP contribution < -0.4 is 4.72 Å². The molecule has 2 aromatic rings. The molecule has 1 heterocycles. The van der Waals surface area contributed by atoms with Gasteiger partial charge in [0, 0.05) is 5.02 Å². The molecule has 0 radical (unpaired) electrons. The summed E-state index contributed by atoms with van der Waals surface area (Å²) in [6.45, 7) is 0. The molecule has 0 bridgehead atoms. The number of nitrogens with zero attached hydrogens (tertiary/aromatic N) is 2. The van der Waals surface area contributed by atoms with E-state index in [1.165, 1.54) is 18.2 Å². The maximum Gasteiger partial charge on any atom is 0.264 e. The quantitative estimate of drug-likeness (QED) is 0.829. The highest BCUT2D eigenvalue weighted by Crippen LogP contribution is 2.30. The van der Waals surface area contributed by atoms with E-state index in [1.54, 1.807) is 0 Å². The first-order valence-corrected chi connectivity index (χ1v) is 7.94. The van der Waals surface area contributed by atoms with Crippen LogP contribution in [-0.4, -0.2) is 18.4 Å². The molecule has 0 amide bonds. The monoisotopic (exact) mass is 371 g/mol. The maximum absolute atomic E-state index is 12.2. The smallest absolute Gasteiger partial charge is 0.262 e. The van der Waals surface area contributed by atoms with Crippen LogP contribution in [0.3, 0.4) is 0 Å². The van der Waals surface area contributed by atoms with Crippen LogP contribution >= 0.6 is 46.4 Å². The molecule has 0 saturated heterocycles. The Bertz CT molecular complexity index is 767. The first-order chi connectivity index (χ1) is 9.31. The molecule has 1 aromatic heterocycles. The first-order valence-electron chi connectivity index (χ1n) is 4.95. The fourth-order valence-corrected chi connectivity index (χ4v) is 3.40. The van der Waals surface area contributed by atoms with Gasteiger partial charge in [0.2, 0.25) is 0 Å². The van der Waals surface area contributed by atoms with Gasteiger partial charge >= 0.3 is 0 Å². The van der Waals surface area contributed by atoms with Crippen molar-refractivity contribution in [3.05, 3.63) is 44.7 Å². The molecule has 0 aliphatic heterocycles. The standard InChI is InChI=1S/C10H5Cl4N3O2S/c11-5-1-2-6(12)7(3-5)20(18,19)17-10-8(13)9(14)15-4-16-10/h1-4H,(H,15,16,17). The average molecular weight is 373 g/mol. The fourth-order valence-electron chi connectivity index (χ4n) is 1.28. The summed E-state index contributed by atoms with van der Waals surface area (Å²) in [5.74, 6) is -0.150. The van der Waals surface area contributed by atoms with Crippen LogP contribution in [-0.2, 0) is 10.0 Å². The van der Waals surface area contributed by atoms with E-state index in [0.717, 1.165) is 6.33 Å². The number of rotatable bonds is 3. The molecule has 0 spiro atoms. The van der Waals surface area contributed by atoms with Crippen LogP contribution in [0.15, 0.2) is 29.4 Å². The Morgan fingerprint density at radius 1 is 1.05 bits per heavy atom. The topological polar surface area (TPSA) is 72.0 Å². The highest BCUT2D eigenvalue weighted by Gasteiger charge is 2.21. The van der Waals surface area contributed by atoms with Gasteiger partial charge in [-0.15, -0.1) is 0 Å². The van der Waals surface area contributed by atoms with Gasteiger partial charge in [0.15, 0.2) is 11.0 Å². The van der Waals surface area contributed by atoms with Gasteiger partial charge in [-0.25, -0.2) is 18.4 Å². The zero-order valence-corrected chi connectivity index (χ0v) is 13.3. The molecule has 0 atom stereocenters. The van der Waals surface area contributed by atoms with Gasteiger partial charge in [0.05, 0.1) is 5.02 Å². The van der Waals surface area contributed by atoms with Gasteiger partial charge in [-0.3, -0.25) is 4.72 Å². The molecule has 5 nitrogen and oxygen atoms in total. The van der Waals surface area contributed by atoms with Crippen LogP contribution in [0.1, 0.15) is 0 Å². The minimum absolute atomic E-state index is 0.0122. The van der Waals surface area contributed by atoms with E-state index in [9.17, 15) is 8.42 Å². The first kappa shape index (κ1) is 15.6. The van der Waals surface area contributed by atoms with E-state index in [4.69, 9.17) is 46.4 Å². The Morgan fingerprint density at radius 3 is 2.45 bits per heavy atom. The second-order valence-electron chi connectivity index (χ2n) is 3.51. The van der Waals surface area contributed by atoms with Gasteiger partial charge in [-0.05, 0) is 18.2 Å². The van der Waals surface area contributed by atoms with E-state index in [2.05, 4.69) is 14.7 Å².